The normalized spacial score (nSPS) is 25.1. The maximum absolute atomic E-state index is 11.0. The van der Waals surface area contributed by atoms with E-state index >= 15 is 0 Å². The first-order chi connectivity index (χ1) is 16.2. The van der Waals surface area contributed by atoms with Crippen molar-refractivity contribution in [1.29, 1.82) is 0 Å². The van der Waals surface area contributed by atoms with Crippen molar-refractivity contribution in [2.24, 2.45) is 0 Å². The van der Waals surface area contributed by atoms with Gasteiger partial charge in [0.2, 0.25) is 0 Å². The molecular weight excluding hydrogens is 416 g/mol. The van der Waals surface area contributed by atoms with Crippen LogP contribution in [0.3, 0.4) is 0 Å². The van der Waals surface area contributed by atoms with Gasteiger partial charge in [0.05, 0.1) is 32.0 Å². The van der Waals surface area contributed by atoms with Gasteiger partial charge in [0, 0.05) is 13.5 Å². The van der Waals surface area contributed by atoms with Gasteiger partial charge in [0.25, 0.3) is 0 Å². The fourth-order valence-corrected chi connectivity index (χ4v) is 4.25. The van der Waals surface area contributed by atoms with Crippen molar-refractivity contribution >= 4 is 0 Å². The van der Waals surface area contributed by atoms with Gasteiger partial charge in [0.1, 0.15) is 18.3 Å². The summed E-state index contributed by atoms with van der Waals surface area (Å²) < 4.78 is 24.7. The second-order valence-electron chi connectivity index (χ2n) is 8.36. The van der Waals surface area contributed by atoms with Crippen LogP contribution in [0.15, 0.2) is 91.0 Å². The molecule has 4 rings (SSSR count). The van der Waals surface area contributed by atoms with Crippen LogP contribution >= 0.6 is 0 Å². The molecule has 0 heterocycles. The van der Waals surface area contributed by atoms with Crippen LogP contribution in [0.1, 0.15) is 23.1 Å². The summed E-state index contributed by atoms with van der Waals surface area (Å²) in [6.45, 7) is 1.21. The molecule has 0 amide bonds. The lowest BCUT2D eigenvalue weighted by Crippen LogP contribution is -2.59. The van der Waals surface area contributed by atoms with Crippen molar-refractivity contribution in [2.45, 2.75) is 56.8 Å². The molecule has 3 aromatic carbocycles. The molecule has 1 N–H and O–H groups in total. The van der Waals surface area contributed by atoms with Gasteiger partial charge in [-0.05, 0) is 16.7 Å². The molecule has 174 valence electrons. The van der Waals surface area contributed by atoms with Gasteiger partial charge in [-0.15, -0.1) is 0 Å². The van der Waals surface area contributed by atoms with Crippen LogP contribution in [0.5, 0.6) is 0 Å². The zero-order valence-electron chi connectivity index (χ0n) is 19.0. The Morgan fingerprint density at radius 3 is 1.42 bits per heavy atom. The third-order valence-corrected chi connectivity index (χ3v) is 6.03. The first-order valence-corrected chi connectivity index (χ1v) is 11.4. The predicted octanol–water partition coefficient (Wildman–Crippen LogP) is 4.52. The van der Waals surface area contributed by atoms with Crippen molar-refractivity contribution in [3.8, 4) is 0 Å². The summed E-state index contributed by atoms with van der Waals surface area (Å²) >= 11 is 0. The van der Waals surface area contributed by atoms with Crippen LogP contribution in [0.2, 0.25) is 0 Å². The molecule has 5 heteroatoms. The fourth-order valence-electron chi connectivity index (χ4n) is 4.25. The van der Waals surface area contributed by atoms with E-state index in [4.69, 9.17) is 18.9 Å². The second kappa shape index (κ2) is 12.1. The van der Waals surface area contributed by atoms with E-state index in [-0.39, 0.29) is 12.2 Å². The summed E-state index contributed by atoms with van der Waals surface area (Å²) in [5.74, 6) is 0. The van der Waals surface area contributed by atoms with Gasteiger partial charge < -0.3 is 24.1 Å². The van der Waals surface area contributed by atoms with Gasteiger partial charge >= 0.3 is 0 Å². The quantitative estimate of drug-likeness (QED) is 0.494. The molecule has 1 fully saturated rings. The van der Waals surface area contributed by atoms with Crippen molar-refractivity contribution in [3.05, 3.63) is 108 Å². The van der Waals surface area contributed by atoms with E-state index in [1.165, 1.54) is 0 Å². The topological polar surface area (TPSA) is 57.2 Å². The van der Waals surface area contributed by atoms with Crippen molar-refractivity contribution < 1.29 is 24.1 Å². The minimum Gasteiger partial charge on any atom is -0.390 e. The van der Waals surface area contributed by atoms with Crippen LogP contribution in [0, 0.1) is 0 Å². The smallest absolute Gasteiger partial charge is 0.115 e. The monoisotopic (exact) mass is 448 g/mol. The Hall–Kier alpha value is -2.54. The standard InChI is InChI=1S/C28H32O5/c1-30-25-17-24(29)26(31-18-21-11-5-2-6-12-21)28(33-20-23-15-9-4-10-16-23)27(25)32-19-22-13-7-3-8-14-22/h2-16,24-29H,17-20H2,1H3/t24-,25+,26-,27+,28+/m1/s1. The number of methoxy groups -OCH3 is 1. The van der Waals surface area contributed by atoms with Crippen molar-refractivity contribution in [1.82, 2.24) is 0 Å². The van der Waals surface area contributed by atoms with Crippen LogP contribution in [-0.4, -0.2) is 42.7 Å². The van der Waals surface area contributed by atoms with Gasteiger partial charge in [-0.1, -0.05) is 91.0 Å². The average Bonchev–Trinajstić information content (AvgIpc) is 2.87. The van der Waals surface area contributed by atoms with E-state index < -0.39 is 18.3 Å². The number of benzene rings is 3. The van der Waals surface area contributed by atoms with Gasteiger partial charge in [-0.25, -0.2) is 0 Å². The first kappa shape index (κ1) is 23.6. The predicted molar refractivity (Wildman–Crippen MR) is 126 cm³/mol. The van der Waals surface area contributed by atoms with E-state index in [9.17, 15) is 5.11 Å². The Balaban J connectivity index is 1.53. The number of rotatable bonds is 10. The molecule has 1 aliphatic carbocycles. The Morgan fingerprint density at radius 2 is 1.00 bits per heavy atom. The van der Waals surface area contributed by atoms with E-state index in [2.05, 4.69) is 0 Å². The third-order valence-electron chi connectivity index (χ3n) is 6.03. The molecule has 5 atom stereocenters. The molecule has 1 aliphatic rings. The second-order valence-corrected chi connectivity index (χ2v) is 8.36. The molecule has 0 unspecified atom stereocenters. The highest BCUT2D eigenvalue weighted by Crippen LogP contribution is 2.31. The third kappa shape index (κ3) is 6.50. The number of ether oxygens (including phenoxy) is 4. The molecule has 0 aromatic heterocycles. The summed E-state index contributed by atoms with van der Waals surface area (Å²) in [5.41, 5.74) is 3.17. The average molecular weight is 449 g/mol. The zero-order valence-corrected chi connectivity index (χ0v) is 19.0. The largest absolute Gasteiger partial charge is 0.390 e. The summed E-state index contributed by atoms with van der Waals surface area (Å²) in [7, 11) is 1.65. The molecule has 0 aliphatic heterocycles. The molecule has 3 aromatic rings. The first-order valence-electron chi connectivity index (χ1n) is 11.4. The Bertz CT molecular complexity index is 934. The maximum Gasteiger partial charge on any atom is 0.115 e. The minimum absolute atomic E-state index is 0.305. The minimum atomic E-state index is -0.726. The Morgan fingerprint density at radius 1 is 0.606 bits per heavy atom. The van der Waals surface area contributed by atoms with E-state index in [1.807, 2.05) is 91.0 Å². The molecule has 5 nitrogen and oxygen atoms in total. The molecular formula is C28H32O5. The highest BCUT2D eigenvalue weighted by Gasteiger charge is 2.47. The lowest BCUT2D eigenvalue weighted by Gasteiger charge is -2.44. The van der Waals surface area contributed by atoms with Crippen molar-refractivity contribution in [2.75, 3.05) is 7.11 Å². The molecule has 0 bridgehead atoms. The summed E-state index contributed by atoms with van der Waals surface area (Å²) in [4.78, 5) is 0. The fraction of sp³-hybridized carbons (Fsp3) is 0.357. The number of hydrogen-bond acceptors (Lipinski definition) is 5. The van der Waals surface area contributed by atoms with E-state index in [0.29, 0.717) is 26.2 Å². The maximum atomic E-state index is 11.0. The number of aliphatic hydroxyl groups is 1. The van der Waals surface area contributed by atoms with Crippen molar-refractivity contribution in [3.63, 3.8) is 0 Å². The van der Waals surface area contributed by atoms with Crippen LogP contribution in [-0.2, 0) is 38.8 Å². The highest BCUT2D eigenvalue weighted by atomic mass is 16.6. The van der Waals surface area contributed by atoms with Gasteiger partial charge in [-0.2, -0.15) is 0 Å². The highest BCUT2D eigenvalue weighted by molar-refractivity contribution is 5.16. The van der Waals surface area contributed by atoms with Crippen LogP contribution in [0.4, 0.5) is 0 Å². The van der Waals surface area contributed by atoms with Crippen LogP contribution in [0.25, 0.3) is 0 Å². The Kier molecular flexibility index (Phi) is 8.64. The molecule has 33 heavy (non-hydrogen) atoms. The molecule has 0 spiro atoms. The molecule has 0 radical (unpaired) electrons. The van der Waals surface area contributed by atoms with Crippen LogP contribution < -0.4 is 0 Å². The lowest BCUT2D eigenvalue weighted by atomic mass is 9.86. The Labute approximate surface area is 195 Å². The lowest BCUT2D eigenvalue weighted by molar-refractivity contribution is -0.235. The number of hydrogen-bond donors (Lipinski definition) is 1. The summed E-state index contributed by atoms with van der Waals surface area (Å²) in [6, 6.07) is 30.0. The molecule has 1 saturated carbocycles. The zero-order chi connectivity index (χ0) is 22.9. The van der Waals surface area contributed by atoms with Gasteiger partial charge in [0.15, 0.2) is 0 Å². The SMILES string of the molecule is CO[C@H]1C[C@@H](O)[C@@H](OCc2ccccc2)[C@H](OCc2ccccc2)[C@H]1OCc1ccccc1. The number of aliphatic hydroxyl groups excluding tert-OH is 1. The summed E-state index contributed by atoms with van der Waals surface area (Å²) in [6.07, 6.45) is -2.03. The van der Waals surface area contributed by atoms with Gasteiger partial charge in [-0.3, -0.25) is 0 Å². The van der Waals surface area contributed by atoms with E-state index in [1.54, 1.807) is 7.11 Å². The summed E-state index contributed by atoms with van der Waals surface area (Å²) in [5, 5.41) is 11.0. The molecule has 0 saturated heterocycles. The van der Waals surface area contributed by atoms with E-state index in [0.717, 1.165) is 16.7 Å².